The predicted molar refractivity (Wildman–Crippen MR) is 79.9 cm³/mol. The van der Waals surface area contributed by atoms with Crippen molar-refractivity contribution in [1.29, 1.82) is 0 Å². The number of hydrogen-bond donors (Lipinski definition) is 1. The molecular formula is C16H21N3O2. The summed E-state index contributed by atoms with van der Waals surface area (Å²) in [5.41, 5.74) is 1.94. The van der Waals surface area contributed by atoms with Crippen LogP contribution in [-0.2, 0) is 13.6 Å². The molecule has 0 aromatic carbocycles. The maximum absolute atomic E-state index is 12.2. The molecule has 112 valence electrons. The molecule has 0 atom stereocenters. The van der Waals surface area contributed by atoms with E-state index in [9.17, 15) is 4.79 Å². The van der Waals surface area contributed by atoms with Crippen LogP contribution < -0.4 is 5.32 Å². The summed E-state index contributed by atoms with van der Waals surface area (Å²) < 4.78 is 7.03. The number of hydrogen-bond acceptors (Lipinski definition) is 3. The first-order valence-corrected chi connectivity index (χ1v) is 7.38. The first kappa shape index (κ1) is 13.9. The third-order valence-corrected chi connectivity index (χ3v) is 4.04. The molecule has 1 saturated heterocycles. The molecule has 3 heterocycles. The van der Waals surface area contributed by atoms with Gasteiger partial charge in [-0.1, -0.05) is 0 Å². The average molecular weight is 287 g/mol. The van der Waals surface area contributed by atoms with Crippen molar-refractivity contribution >= 4 is 5.91 Å². The zero-order chi connectivity index (χ0) is 14.7. The van der Waals surface area contributed by atoms with Gasteiger partial charge in [-0.25, -0.2) is 0 Å². The zero-order valence-electron chi connectivity index (χ0n) is 12.3. The Morgan fingerprint density at radius 1 is 1.38 bits per heavy atom. The van der Waals surface area contributed by atoms with E-state index in [-0.39, 0.29) is 5.91 Å². The van der Waals surface area contributed by atoms with Crippen LogP contribution in [-0.4, -0.2) is 34.5 Å². The molecule has 1 fully saturated rings. The van der Waals surface area contributed by atoms with Crippen molar-refractivity contribution in [2.75, 3.05) is 13.1 Å². The lowest BCUT2D eigenvalue weighted by atomic mass is 10.0. The molecule has 0 saturated carbocycles. The van der Waals surface area contributed by atoms with Gasteiger partial charge in [-0.2, -0.15) is 0 Å². The lowest BCUT2D eigenvalue weighted by molar-refractivity contribution is 0.0704. The van der Waals surface area contributed by atoms with E-state index in [0.717, 1.165) is 32.5 Å². The average Bonchev–Trinajstić information content (AvgIpc) is 3.16. The van der Waals surface area contributed by atoms with E-state index in [0.29, 0.717) is 11.6 Å². The summed E-state index contributed by atoms with van der Waals surface area (Å²) in [6.45, 7) is 2.49. The summed E-state index contributed by atoms with van der Waals surface area (Å²) in [5.74, 6) is 0.0743. The van der Waals surface area contributed by atoms with Crippen molar-refractivity contribution in [2.45, 2.75) is 25.4 Å². The van der Waals surface area contributed by atoms with Crippen molar-refractivity contribution in [3.63, 3.8) is 0 Å². The van der Waals surface area contributed by atoms with E-state index < -0.39 is 0 Å². The Morgan fingerprint density at radius 3 is 2.81 bits per heavy atom. The van der Waals surface area contributed by atoms with E-state index in [1.807, 2.05) is 11.9 Å². The van der Waals surface area contributed by atoms with Crippen molar-refractivity contribution < 1.29 is 9.21 Å². The van der Waals surface area contributed by atoms with Crippen molar-refractivity contribution in [1.82, 2.24) is 14.8 Å². The van der Waals surface area contributed by atoms with E-state index in [1.165, 1.54) is 11.8 Å². The monoisotopic (exact) mass is 287 g/mol. The fourth-order valence-corrected chi connectivity index (χ4v) is 2.78. The number of rotatable bonds is 4. The Bertz CT molecular complexity index is 580. The number of nitrogens with zero attached hydrogens (tertiary/aromatic N) is 2. The highest BCUT2D eigenvalue weighted by Gasteiger charge is 2.23. The van der Waals surface area contributed by atoms with Crippen LogP contribution in [0.4, 0.5) is 0 Å². The number of aromatic nitrogens is 1. The maximum atomic E-state index is 12.2. The van der Waals surface area contributed by atoms with Gasteiger partial charge in [0.2, 0.25) is 0 Å². The van der Waals surface area contributed by atoms with Gasteiger partial charge >= 0.3 is 0 Å². The van der Waals surface area contributed by atoms with Crippen molar-refractivity contribution in [3.8, 4) is 0 Å². The molecule has 0 bridgehead atoms. The molecule has 1 N–H and O–H groups in total. The fraction of sp³-hybridized carbons (Fsp3) is 0.438. The Labute approximate surface area is 124 Å². The van der Waals surface area contributed by atoms with E-state index >= 15 is 0 Å². The van der Waals surface area contributed by atoms with Gasteiger partial charge in [0.25, 0.3) is 5.91 Å². The summed E-state index contributed by atoms with van der Waals surface area (Å²) in [5, 5.41) is 3.58. The largest absolute Gasteiger partial charge is 0.472 e. The third-order valence-electron chi connectivity index (χ3n) is 4.04. The van der Waals surface area contributed by atoms with Crippen LogP contribution in [0.5, 0.6) is 0 Å². The highest BCUT2D eigenvalue weighted by atomic mass is 16.3. The van der Waals surface area contributed by atoms with Gasteiger partial charge < -0.3 is 19.2 Å². The lowest BCUT2D eigenvalue weighted by Gasteiger charge is -2.32. The van der Waals surface area contributed by atoms with Crippen molar-refractivity contribution in [3.05, 3.63) is 48.2 Å². The third kappa shape index (κ3) is 3.36. The minimum Gasteiger partial charge on any atom is -0.472 e. The molecule has 21 heavy (non-hydrogen) atoms. The zero-order valence-corrected chi connectivity index (χ0v) is 12.3. The van der Waals surface area contributed by atoms with Gasteiger partial charge in [-0.3, -0.25) is 4.79 Å². The van der Waals surface area contributed by atoms with Crippen LogP contribution in [0.15, 0.2) is 41.5 Å². The number of carbonyl (C=O) groups excluding carboxylic acids is 1. The summed E-state index contributed by atoms with van der Waals surface area (Å²) >= 11 is 0. The summed E-state index contributed by atoms with van der Waals surface area (Å²) in [6.07, 6.45) is 9.24. The molecule has 2 aromatic rings. The first-order chi connectivity index (χ1) is 10.2. The molecule has 3 rings (SSSR count). The van der Waals surface area contributed by atoms with Crippen LogP contribution in [0.25, 0.3) is 0 Å². The quantitative estimate of drug-likeness (QED) is 0.936. The van der Waals surface area contributed by atoms with Crippen LogP contribution in [0.3, 0.4) is 0 Å². The van der Waals surface area contributed by atoms with Gasteiger partial charge in [0.1, 0.15) is 6.26 Å². The maximum Gasteiger partial charge on any atom is 0.257 e. The molecule has 0 radical (unpaired) electrons. The minimum absolute atomic E-state index is 0.0743. The molecule has 2 aromatic heterocycles. The number of amides is 1. The molecule has 0 aliphatic carbocycles. The molecule has 0 unspecified atom stereocenters. The second-order valence-corrected chi connectivity index (χ2v) is 5.64. The number of piperidine rings is 1. The Kier molecular flexibility index (Phi) is 4.10. The van der Waals surface area contributed by atoms with Gasteiger partial charge in [0, 0.05) is 45.1 Å². The van der Waals surface area contributed by atoms with E-state index in [4.69, 9.17) is 4.42 Å². The lowest BCUT2D eigenvalue weighted by Crippen LogP contribution is -2.44. The van der Waals surface area contributed by atoms with Crippen LogP contribution in [0.2, 0.25) is 0 Å². The van der Waals surface area contributed by atoms with E-state index in [1.54, 1.807) is 12.3 Å². The smallest absolute Gasteiger partial charge is 0.257 e. The summed E-state index contributed by atoms with van der Waals surface area (Å²) in [6, 6.07) is 4.34. The Hall–Kier alpha value is -2.01. The normalized spacial score (nSPS) is 16.3. The fourth-order valence-electron chi connectivity index (χ4n) is 2.78. The minimum atomic E-state index is 0.0743. The number of likely N-dealkylation sites (tertiary alicyclic amines) is 1. The molecule has 5 nitrogen and oxygen atoms in total. The second-order valence-electron chi connectivity index (χ2n) is 5.64. The number of aryl methyl sites for hydroxylation is 1. The summed E-state index contributed by atoms with van der Waals surface area (Å²) in [4.78, 5) is 14.1. The SMILES string of the molecule is Cn1ccc(CNC2CCN(C(=O)c3ccoc3)CC2)c1. The highest BCUT2D eigenvalue weighted by Crippen LogP contribution is 2.15. The van der Waals surface area contributed by atoms with Crippen LogP contribution in [0, 0.1) is 0 Å². The molecule has 1 aliphatic rings. The number of furan rings is 1. The molecule has 1 aliphatic heterocycles. The number of nitrogens with one attached hydrogen (secondary N) is 1. The van der Waals surface area contributed by atoms with Crippen LogP contribution in [0.1, 0.15) is 28.8 Å². The standard InChI is InChI=1S/C16H21N3O2/c1-18-6-2-13(11-18)10-17-15-3-7-19(8-4-15)16(20)14-5-9-21-12-14/h2,5-6,9,11-12,15,17H,3-4,7-8,10H2,1H3. The summed E-state index contributed by atoms with van der Waals surface area (Å²) in [7, 11) is 2.03. The van der Waals surface area contributed by atoms with Gasteiger partial charge in [0.05, 0.1) is 11.8 Å². The van der Waals surface area contributed by atoms with Crippen LogP contribution >= 0.6 is 0 Å². The molecular weight excluding hydrogens is 266 g/mol. The second kappa shape index (κ2) is 6.18. The van der Waals surface area contributed by atoms with Gasteiger partial charge in [0.15, 0.2) is 0 Å². The van der Waals surface area contributed by atoms with E-state index in [2.05, 4.69) is 28.3 Å². The topological polar surface area (TPSA) is 50.4 Å². The molecule has 1 amide bonds. The van der Waals surface area contributed by atoms with Gasteiger partial charge in [-0.05, 0) is 30.5 Å². The number of carbonyl (C=O) groups is 1. The Morgan fingerprint density at radius 2 is 2.19 bits per heavy atom. The first-order valence-electron chi connectivity index (χ1n) is 7.38. The van der Waals surface area contributed by atoms with Crippen molar-refractivity contribution in [2.24, 2.45) is 7.05 Å². The molecule has 5 heteroatoms. The molecule has 0 spiro atoms. The Balaban J connectivity index is 1.45. The predicted octanol–water partition coefficient (Wildman–Crippen LogP) is 2.01. The van der Waals surface area contributed by atoms with Gasteiger partial charge in [-0.15, -0.1) is 0 Å². The highest BCUT2D eigenvalue weighted by molar-refractivity contribution is 5.93.